The highest BCUT2D eigenvalue weighted by molar-refractivity contribution is 7.22. The van der Waals surface area contributed by atoms with E-state index in [2.05, 4.69) is 10.3 Å². The SMILES string of the molecule is CCCN(CCO)C(=O)Nc1nc2ccccc2s1. The quantitative estimate of drug-likeness (QED) is 0.884. The van der Waals surface area contributed by atoms with Crippen LogP contribution in [0, 0.1) is 0 Å². The zero-order chi connectivity index (χ0) is 13.7. The molecule has 0 bridgehead atoms. The van der Waals surface area contributed by atoms with Crippen LogP contribution in [0.4, 0.5) is 9.93 Å². The van der Waals surface area contributed by atoms with Gasteiger partial charge in [0.2, 0.25) is 0 Å². The minimum atomic E-state index is -0.213. The van der Waals surface area contributed by atoms with Crippen molar-refractivity contribution in [1.29, 1.82) is 0 Å². The summed E-state index contributed by atoms with van der Waals surface area (Å²) in [5.74, 6) is 0. The number of para-hydroxylation sites is 1. The highest BCUT2D eigenvalue weighted by Gasteiger charge is 2.14. The summed E-state index contributed by atoms with van der Waals surface area (Å²) in [4.78, 5) is 18.0. The Balaban J connectivity index is 2.08. The molecule has 0 unspecified atom stereocenters. The summed E-state index contributed by atoms with van der Waals surface area (Å²) in [6, 6.07) is 7.54. The molecule has 6 heteroatoms. The number of hydrogen-bond donors (Lipinski definition) is 2. The van der Waals surface area contributed by atoms with Crippen molar-refractivity contribution in [3.8, 4) is 0 Å². The first-order chi connectivity index (χ1) is 9.24. The van der Waals surface area contributed by atoms with Crippen molar-refractivity contribution >= 4 is 32.7 Å². The van der Waals surface area contributed by atoms with Crippen LogP contribution in [-0.4, -0.2) is 40.7 Å². The number of carbonyl (C=O) groups is 1. The number of aromatic nitrogens is 1. The highest BCUT2D eigenvalue weighted by atomic mass is 32.1. The van der Waals surface area contributed by atoms with E-state index >= 15 is 0 Å². The molecule has 102 valence electrons. The molecular weight excluding hydrogens is 262 g/mol. The van der Waals surface area contributed by atoms with E-state index in [1.807, 2.05) is 31.2 Å². The molecule has 0 fully saturated rings. The van der Waals surface area contributed by atoms with Crippen LogP contribution in [0.15, 0.2) is 24.3 Å². The number of urea groups is 1. The lowest BCUT2D eigenvalue weighted by molar-refractivity contribution is 0.188. The molecule has 0 aliphatic heterocycles. The van der Waals surface area contributed by atoms with Crippen LogP contribution < -0.4 is 5.32 Å². The van der Waals surface area contributed by atoms with Crippen LogP contribution in [0.1, 0.15) is 13.3 Å². The monoisotopic (exact) mass is 279 g/mol. The Kier molecular flexibility index (Phi) is 4.70. The van der Waals surface area contributed by atoms with Crippen molar-refractivity contribution in [2.24, 2.45) is 0 Å². The van der Waals surface area contributed by atoms with E-state index in [4.69, 9.17) is 5.11 Å². The average molecular weight is 279 g/mol. The van der Waals surface area contributed by atoms with Gasteiger partial charge in [0, 0.05) is 13.1 Å². The molecule has 0 radical (unpaired) electrons. The number of aliphatic hydroxyl groups is 1. The van der Waals surface area contributed by atoms with Gasteiger partial charge in [-0.25, -0.2) is 9.78 Å². The van der Waals surface area contributed by atoms with Gasteiger partial charge in [-0.2, -0.15) is 0 Å². The van der Waals surface area contributed by atoms with Gasteiger partial charge in [0.1, 0.15) is 0 Å². The van der Waals surface area contributed by atoms with E-state index in [1.54, 1.807) is 4.90 Å². The molecule has 1 aromatic carbocycles. The lowest BCUT2D eigenvalue weighted by atomic mass is 10.3. The molecule has 1 heterocycles. The molecule has 0 spiro atoms. The molecule has 2 amide bonds. The average Bonchev–Trinajstić information content (AvgIpc) is 2.80. The van der Waals surface area contributed by atoms with Gasteiger partial charge in [0.25, 0.3) is 0 Å². The molecule has 2 aromatic rings. The third-order valence-electron chi connectivity index (χ3n) is 2.66. The zero-order valence-corrected chi connectivity index (χ0v) is 11.6. The number of aliphatic hydroxyl groups excluding tert-OH is 1. The molecular formula is C13H17N3O2S. The number of amides is 2. The molecule has 2 N–H and O–H groups in total. The van der Waals surface area contributed by atoms with Gasteiger partial charge in [-0.3, -0.25) is 5.32 Å². The van der Waals surface area contributed by atoms with Crippen LogP contribution in [0.25, 0.3) is 10.2 Å². The molecule has 1 aromatic heterocycles. The molecule has 2 rings (SSSR count). The number of fused-ring (bicyclic) bond motifs is 1. The topological polar surface area (TPSA) is 65.5 Å². The zero-order valence-electron chi connectivity index (χ0n) is 10.8. The number of anilines is 1. The molecule has 0 saturated heterocycles. The molecule has 0 aliphatic rings. The molecule has 0 aliphatic carbocycles. The third kappa shape index (κ3) is 3.42. The Labute approximate surface area is 115 Å². The first kappa shape index (κ1) is 13.8. The van der Waals surface area contributed by atoms with E-state index in [0.717, 1.165) is 16.6 Å². The maximum absolute atomic E-state index is 12.0. The van der Waals surface area contributed by atoms with Crippen LogP contribution >= 0.6 is 11.3 Å². The Bertz CT molecular complexity index is 517. The maximum atomic E-state index is 12.0. The Morgan fingerprint density at radius 1 is 1.42 bits per heavy atom. The Morgan fingerprint density at radius 2 is 2.21 bits per heavy atom. The summed E-state index contributed by atoms with van der Waals surface area (Å²) in [6.07, 6.45) is 0.854. The first-order valence-corrected chi connectivity index (χ1v) is 7.08. The summed E-state index contributed by atoms with van der Waals surface area (Å²) >= 11 is 1.45. The standard InChI is InChI=1S/C13H17N3O2S/c1-2-7-16(8-9-17)13(18)15-12-14-10-5-3-4-6-11(10)19-12/h3-6,17H,2,7-9H2,1H3,(H,14,15,18). The van der Waals surface area contributed by atoms with Gasteiger partial charge in [-0.15, -0.1) is 0 Å². The minimum Gasteiger partial charge on any atom is -0.395 e. The van der Waals surface area contributed by atoms with Crippen molar-refractivity contribution in [1.82, 2.24) is 9.88 Å². The van der Waals surface area contributed by atoms with E-state index in [0.29, 0.717) is 18.2 Å². The molecule has 19 heavy (non-hydrogen) atoms. The fourth-order valence-corrected chi connectivity index (χ4v) is 2.66. The lowest BCUT2D eigenvalue weighted by Crippen LogP contribution is -2.37. The molecule has 0 atom stereocenters. The van der Waals surface area contributed by atoms with Gasteiger partial charge in [-0.1, -0.05) is 30.4 Å². The summed E-state index contributed by atoms with van der Waals surface area (Å²) in [6.45, 7) is 2.92. The number of hydrogen-bond acceptors (Lipinski definition) is 4. The largest absolute Gasteiger partial charge is 0.395 e. The fraction of sp³-hybridized carbons (Fsp3) is 0.385. The predicted molar refractivity (Wildman–Crippen MR) is 77.6 cm³/mol. The Morgan fingerprint density at radius 3 is 2.89 bits per heavy atom. The van der Waals surface area contributed by atoms with Crippen molar-refractivity contribution < 1.29 is 9.90 Å². The van der Waals surface area contributed by atoms with E-state index in [1.165, 1.54) is 11.3 Å². The summed E-state index contributed by atoms with van der Waals surface area (Å²) in [7, 11) is 0. The van der Waals surface area contributed by atoms with Crippen molar-refractivity contribution in [3.05, 3.63) is 24.3 Å². The van der Waals surface area contributed by atoms with Crippen LogP contribution in [-0.2, 0) is 0 Å². The maximum Gasteiger partial charge on any atom is 0.323 e. The van der Waals surface area contributed by atoms with E-state index < -0.39 is 0 Å². The van der Waals surface area contributed by atoms with Crippen LogP contribution in [0.5, 0.6) is 0 Å². The number of nitrogens with zero attached hydrogens (tertiary/aromatic N) is 2. The van der Waals surface area contributed by atoms with Crippen LogP contribution in [0.3, 0.4) is 0 Å². The van der Waals surface area contributed by atoms with Gasteiger partial charge < -0.3 is 10.0 Å². The lowest BCUT2D eigenvalue weighted by Gasteiger charge is -2.20. The number of thiazole rings is 1. The van der Waals surface area contributed by atoms with Gasteiger partial charge in [-0.05, 0) is 18.6 Å². The third-order valence-corrected chi connectivity index (χ3v) is 3.61. The summed E-state index contributed by atoms with van der Waals surface area (Å²) in [5.41, 5.74) is 0.881. The first-order valence-electron chi connectivity index (χ1n) is 6.27. The van der Waals surface area contributed by atoms with Gasteiger partial charge in [0.05, 0.1) is 16.8 Å². The van der Waals surface area contributed by atoms with E-state index in [-0.39, 0.29) is 12.6 Å². The van der Waals surface area contributed by atoms with Gasteiger partial charge in [0.15, 0.2) is 5.13 Å². The second kappa shape index (κ2) is 6.49. The number of carbonyl (C=O) groups excluding carboxylic acids is 1. The number of benzene rings is 1. The number of nitrogens with one attached hydrogen (secondary N) is 1. The second-order valence-corrected chi connectivity index (χ2v) is 5.16. The summed E-state index contributed by atoms with van der Waals surface area (Å²) < 4.78 is 1.04. The normalized spacial score (nSPS) is 10.6. The Hall–Kier alpha value is -1.66. The fourth-order valence-electron chi connectivity index (χ4n) is 1.80. The number of rotatable bonds is 5. The van der Waals surface area contributed by atoms with Gasteiger partial charge >= 0.3 is 6.03 Å². The highest BCUT2D eigenvalue weighted by Crippen LogP contribution is 2.25. The van der Waals surface area contributed by atoms with Crippen molar-refractivity contribution in [2.45, 2.75) is 13.3 Å². The predicted octanol–water partition coefficient (Wildman–Crippen LogP) is 2.53. The van der Waals surface area contributed by atoms with Crippen molar-refractivity contribution in [3.63, 3.8) is 0 Å². The second-order valence-electron chi connectivity index (χ2n) is 4.13. The smallest absolute Gasteiger partial charge is 0.323 e. The minimum absolute atomic E-state index is 0.0345. The van der Waals surface area contributed by atoms with Crippen molar-refractivity contribution in [2.75, 3.05) is 25.0 Å². The van der Waals surface area contributed by atoms with Crippen LogP contribution in [0.2, 0.25) is 0 Å². The molecule has 0 saturated carbocycles. The van der Waals surface area contributed by atoms with E-state index in [9.17, 15) is 4.79 Å². The molecule has 5 nitrogen and oxygen atoms in total. The summed E-state index contributed by atoms with van der Waals surface area (Å²) in [5, 5.41) is 12.3.